The number of carbonyl (C=O) groups excluding carboxylic acids is 1. The number of nitrogen functional groups attached to an aromatic ring is 1. The average molecular weight is 310 g/mol. The van der Waals surface area contributed by atoms with Crippen LogP contribution < -0.4 is 5.73 Å². The summed E-state index contributed by atoms with van der Waals surface area (Å²) in [7, 11) is 1.64. The van der Waals surface area contributed by atoms with E-state index in [9.17, 15) is 9.18 Å². The molecule has 0 bridgehead atoms. The minimum Gasteiger partial charge on any atom is -0.368 e. The maximum absolute atomic E-state index is 13.3. The predicted molar refractivity (Wildman–Crippen MR) is 86.1 cm³/mol. The van der Waals surface area contributed by atoms with Crippen molar-refractivity contribution in [2.24, 2.45) is 0 Å². The minimum absolute atomic E-state index is 0.0474. The number of benzene rings is 2. The molecule has 0 aliphatic rings. The van der Waals surface area contributed by atoms with Crippen LogP contribution in [0.3, 0.4) is 0 Å². The molecule has 5 nitrogen and oxygen atoms in total. The van der Waals surface area contributed by atoms with Gasteiger partial charge in [-0.2, -0.15) is 0 Å². The van der Waals surface area contributed by atoms with Gasteiger partial charge in [-0.25, -0.2) is 14.4 Å². The molecule has 23 heavy (non-hydrogen) atoms. The Kier molecular flexibility index (Phi) is 3.89. The van der Waals surface area contributed by atoms with Gasteiger partial charge in [-0.05, 0) is 23.8 Å². The number of rotatable bonds is 3. The Morgan fingerprint density at radius 1 is 1.17 bits per heavy atom. The third kappa shape index (κ3) is 3.11. The second-order valence-electron chi connectivity index (χ2n) is 5.24. The second kappa shape index (κ2) is 6.00. The monoisotopic (exact) mass is 310 g/mol. The van der Waals surface area contributed by atoms with Crippen LogP contribution in [0.1, 0.15) is 16.1 Å². The van der Waals surface area contributed by atoms with Crippen molar-refractivity contribution in [3.63, 3.8) is 0 Å². The molecule has 0 saturated heterocycles. The average Bonchev–Trinajstić information content (AvgIpc) is 2.53. The van der Waals surface area contributed by atoms with Crippen molar-refractivity contribution in [1.29, 1.82) is 0 Å². The first-order chi connectivity index (χ1) is 11.0. The van der Waals surface area contributed by atoms with Gasteiger partial charge in [0.2, 0.25) is 5.95 Å². The van der Waals surface area contributed by atoms with Crippen molar-refractivity contribution in [3.05, 3.63) is 65.6 Å². The van der Waals surface area contributed by atoms with E-state index in [2.05, 4.69) is 9.97 Å². The zero-order chi connectivity index (χ0) is 16.4. The van der Waals surface area contributed by atoms with Crippen LogP contribution >= 0.6 is 0 Å². The van der Waals surface area contributed by atoms with Gasteiger partial charge < -0.3 is 10.6 Å². The lowest BCUT2D eigenvalue weighted by molar-refractivity contribution is 0.0781. The quantitative estimate of drug-likeness (QED) is 0.807. The van der Waals surface area contributed by atoms with Crippen molar-refractivity contribution in [1.82, 2.24) is 14.9 Å². The van der Waals surface area contributed by atoms with Gasteiger partial charge in [0.25, 0.3) is 5.91 Å². The Labute approximate surface area is 132 Å². The summed E-state index contributed by atoms with van der Waals surface area (Å²) in [5.41, 5.74) is 7.25. The third-order valence-electron chi connectivity index (χ3n) is 3.48. The molecule has 0 fully saturated rings. The first-order valence-corrected chi connectivity index (χ1v) is 7.07. The standard InChI is InChI=1S/C17H15FN4O/c1-22(10-11-5-4-6-12(18)9-11)16(23)15-13-7-2-3-8-14(13)20-17(19)21-15/h2-9H,10H2,1H3,(H2,19,20,21). The third-order valence-corrected chi connectivity index (χ3v) is 3.48. The fourth-order valence-electron chi connectivity index (χ4n) is 2.42. The van der Waals surface area contributed by atoms with E-state index in [1.54, 1.807) is 31.3 Å². The molecule has 0 aliphatic heterocycles. The zero-order valence-corrected chi connectivity index (χ0v) is 12.5. The van der Waals surface area contributed by atoms with E-state index in [0.717, 1.165) is 0 Å². The zero-order valence-electron chi connectivity index (χ0n) is 12.5. The van der Waals surface area contributed by atoms with Crippen molar-refractivity contribution < 1.29 is 9.18 Å². The van der Waals surface area contributed by atoms with E-state index >= 15 is 0 Å². The predicted octanol–water partition coefficient (Wildman–Crippen LogP) is 2.62. The molecule has 2 aromatic carbocycles. The van der Waals surface area contributed by atoms with Crippen molar-refractivity contribution in [2.45, 2.75) is 6.54 Å². The largest absolute Gasteiger partial charge is 0.368 e. The Morgan fingerprint density at radius 2 is 1.96 bits per heavy atom. The van der Waals surface area contributed by atoms with Crippen LogP contribution in [-0.2, 0) is 6.54 Å². The highest BCUT2D eigenvalue weighted by atomic mass is 19.1. The molecular formula is C17H15FN4O. The summed E-state index contributed by atoms with van der Waals surface area (Å²) >= 11 is 0. The van der Waals surface area contributed by atoms with Gasteiger partial charge in [0.1, 0.15) is 11.5 Å². The summed E-state index contributed by atoms with van der Waals surface area (Å²) in [5.74, 6) is -0.578. The molecule has 1 aromatic heterocycles. The highest BCUT2D eigenvalue weighted by Gasteiger charge is 2.18. The molecule has 0 radical (unpaired) electrons. The summed E-state index contributed by atoms with van der Waals surface area (Å²) < 4.78 is 13.3. The van der Waals surface area contributed by atoms with Crippen LogP contribution in [-0.4, -0.2) is 27.8 Å². The van der Waals surface area contributed by atoms with Crippen molar-refractivity contribution in [2.75, 3.05) is 12.8 Å². The first-order valence-electron chi connectivity index (χ1n) is 7.07. The molecule has 2 N–H and O–H groups in total. The summed E-state index contributed by atoms with van der Waals surface area (Å²) in [6.45, 7) is 0.273. The number of aromatic nitrogens is 2. The molecule has 3 aromatic rings. The van der Waals surface area contributed by atoms with E-state index in [0.29, 0.717) is 16.5 Å². The highest BCUT2D eigenvalue weighted by molar-refractivity contribution is 6.04. The number of amides is 1. The SMILES string of the molecule is CN(Cc1cccc(F)c1)C(=O)c1nc(N)nc2ccccc12. The lowest BCUT2D eigenvalue weighted by Gasteiger charge is -2.18. The van der Waals surface area contributed by atoms with Crippen molar-refractivity contribution in [3.8, 4) is 0 Å². The van der Waals surface area contributed by atoms with Crippen LogP contribution in [0.5, 0.6) is 0 Å². The van der Waals surface area contributed by atoms with E-state index in [4.69, 9.17) is 5.73 Å². The number of anilines is 1. The molecular weight excluding hydrogens is 295 g/mol. The van der Waals surface area contributed by atoms with Gasteiger partial charge >= 0.3 is 0 Å². The first kappa shape index (κ1) is 14.9. The number of hydrogen-bond acceptors (Lipinski definition) is 4. The Balaban J connectivity index is 1.93. The Bertz CT molecular complexity index is 881. The van der Waals surface area contributed by atoms with Crippen LogP contribution in [0.25, 0.3) is 10.9 Å². The lowest BCUT2D eigenvalue weighted by Crippen LogP contribution is -2.27. The normalized spacial score (nSPS) is 10.7. The molecule has 1 heterocycles. The number of hydrogen-bond donors (Lipinski definition) is 1. The van der Waals surface area contributed by atoms with E-state index in [1.807, 2.05) is 12.1 Å². The Hall–Kier alpha value is -3.02. The Morgan fingerprint density at radius 3 is 2.74 bits per heavy atom. The number of nitrogens with two attached hydrogens (primary N) is 1. The summed E-state index contributed by atoms with van der Waals surface area (Å²) in [6.07, 6.45) is 0. The number of fused-ring (bicyclic) bond motifs is 1. The maximum Gasteiger partial charge on any atom is 0.273 e. The fourth-order valence-corrected chi connectivity index (χ4v) is 2.42. The highest BCUT2D eigenvalue weighted by Crippen LogP contribution is 2.18. The number of para-hydroxylation sites is 1. The van der Waals surface area contributed by atoms with E-state index in [-0.39, 0.29) is 29.9 Å². The molecule has 0 atom stereocenters. The number of nitrogens with zero attached hydrogens (tertiary/aromatic N) is 3. The summed E-state index contributed by atoms with van der Waals surface area (Å²) in [6, 6.07) is 13.3. The van der Waals surface area contributed by atoms with Crippen LogP contribution in [0.15, 0.2) is 48.5 Å². The summed E-state index contributed by atoms with van der Waals surface area (Å²) in [4.78, 5) is 22.4. The maximum atomic E-state index is 13.3. The molecule has 3 rings (SSSR count). The van der Waals surface area contributed by atoms with Crippen LogP contribution in [0.2, 0.25) is 0 Å². The number of halogens is 1. The second-order valence-corrected chi connectivity index (χ2v) is 5.24. The topological polar surface area (TPSA) is 72.1 Å². The van der Waals surface area contributed by atoms with Gasteiger partial charge in [0.05, 0.1) is 5.52 Å². The molecule has 0 aliphatic carbocycles. The van der Waals surface area contributed by atoms with Gasteiger partial charge in [-0.3, -0.25) is 4.79 Å². The fraction of sp³-hybridized carbons (Fsp3) is 0.118. The molecule has 116 valence electrons. The molecule has 0 saturated carbocycles. The van der Waals surface area contributed by atoms with Gasteiger partial charge in [0, 0.05) is 19.0 Å². The molecule has 0 unspecified atom stereocenters. The van der Waals surface area contributed by atoms with Crippen LogP contribution in [0.4, 0.5) is 10.3 Å². The number of carbonyl (C=O) groups is 1. The van der Waals surface area contributed by atoms with Gasteiger partial charge in [-0.15, -0.1) is 0 Å². The summed E-state index contributed by atoms with van der Waals surface area (Å²) in [5, 5.41) is 0.637. The van der Waals surface area contributed by atoms with Gasteiger partial charge in [0.15, 0.2) is 0 Å². The minimum atomic E-state index is -0.333. The molecule has 1 amide bonds. The van der Waals surface area contributed by atoms with E-state index < -0.39 is 0 Å². The molecule has 6 heteroatoms. The van der Waals surface area contributed by atoms with Crippen LogP contribution in [0, 0.1) is 5.82 Å². The van der Waals surface area contributed by atoms with Crippen molar-refractivity contribution >= 4 is 22.8 Å². The molecule has 0 spiro atoms. The van der Waals surface area contributed by atoms with Gasteiger partial charge in [-0.1, -0.05) is 30.3 Å². The smallest absolute Gasteiger partial charge is 0.273 e. The lowest BCUT2D eigenvalue weighted by atomic mass is 10.1. The van der Waals surface area contributed by atoms with E-state index in [1.165, 1.54) is 17.0 Å².